The quantitative estimate of drug-likeness (QED) is 0.877. The Labute approximate surface area is 114 Å². The summed E-state index contributed by atoms with van der Waals surface area (Å²) in [5.41, 5.74) is 0.499. The summed E-state index contributed by atoms with van der Waals surface area (Å²) in [6, 6.07) is 3.60. The fraction of sp³-hybridized carbons (Fsp3) is 0.583. The Kier molecular flexibility index (Phi) is 4.26. The minimum atomic E-state index is -3.24. The molecule has 0 radical (unpaired) electrons. The van der Waals surface area contributed by atoms with Crippen LogP contribution in [0.2, 0.25) is 0 Å². The lowest BCUT2D eigenvalue weighted by Crippen LogP contribution is -2.46. The first-order valence-corrected chi connectivity index (χ1v) is 8.28. The van der Waals surface area contributed by atoms with Crippen molar-refractivity contribution in [3.63, 3.8) is 0 Å². The van der Waals surface area contributed by atoms with Crippen LogP contribution < -0.4 is 9.62 Å². The van der Waals surface area contributed by atoms with Crippen LogP contribution in [0.3, 0.4) is 0 Å². The van der Waals surface area contributed by atoms with Gasteiger partial charge in [0.05, 0.1) is 18.1 Å². The monoisotopic (exact) mass is 284 g/mol. The van der Waals surface area contributed by atoms with Gasteiger partial charge in [-0.1, -0.05) is 6.92 Å². The Morgan fingerprint density at radius 1 is 1.26 bits per heavy atom. The molecule has 7 heteroatoms. The molecule has 19 heavy (non-hydrogen) atoms. The first-order chi connectivity index (χ1) is 8.98. The summed E-state index contributed by atoms with van der Waals surface area (Å²) in [6.45, 7) is 7.25. The molecule has 1 aliphatic heterocycles. The predicted molar refractivity (Wildman–Crippen MR) is 77.0 cm³/mol. The van der Waals surface area contributed by atoms with Gasteiger partial charge in [0.15, 0.2) is 0 Å². The highest BCUT2D eigenvalue weighted by Gasteiger charge is 2.16. The lowest BCUT2D eigenvalue weighted by atomic mass is 10.3. The van der Waals surface area contributed by atoms with Crippen molar-refractivity contribution in [1.29, 1.82) is 0 Å². The third-order valence-corrected chi connectivity index (χ3v) is 3.80. The van der Waals surface area contributed by atoms with E-state index in [2.05, 4.69) is 26.4 Å². The summed E-state index contributed by atoms with van der Waals surface area (Å²) in [5, 5.41) is 0. The standard InChI is InChI=1S/C12H20N4O2S/c1-3-15-6-8-16(9-7-15)12-5-4-11(10-13-12)14-19(2,17)18/h4-5,10,14H,3,6-9H2,1-2H3. The fourth-order valence-corrected chi connectivity index (χ4v) is 2.69. The summed E-state index contributed by atoms with van der Waals surface area (Å²) >= 11 is 0. The van der Waals surface area contributed by atoms with Gasteiger partial charge in [-0.3, -0.25) is 4.72 Å². The zero-order valence-electron chi connectivity index (χ0n) is 11.3. The van der Waals surface area contributed by atoms with Crippen molar-refractivity contribution >= 4 is 21.5 Å². The average Bonchev–Trinajstić information content (AvgIpc) is 2.38. The number of piperazine rings is 1. The third kappa shape index (κ3) is 4.07. The highest BCUT2D eigenvalue weighted by molar-refractivity contribution is 7.92. The van der Waals surface area contributed by atoms with E-state index < -0.39 is 10.0 Å². The second kappa shape index (κ2) is 5.75. The van der Waals surface area contributed by atoms with Gasteiger partial charge in [-0.25, -0.2) is 13.4 Å². The van der Waals surface area contributed by atoms with Crippen molar-refractivity contribution in [2.75, 3.05) is 48.6 Å². The van der Waals surface area contributed by atoms with Gasteiger partial charge in [0, 0.05) is 26.2 Å². The van der Waals surface area contributed by atoms with Crippen LogP contribution in [0.5, 0.6) is 0 Å². The maximum Gasteiger partial charge on any atom is 0.229 e. The molecule has 0 bridgehead atoms. The van der Waals surface area contributed by atoms with Crippen LogP contribution in [0.1, 0.15) is 6.92 Å². The Balaban J connectivity index is 1.99. The smallest absolute Gasteiger partial charge is 0.229 e. The molecule has 0 spiro atoms. The van der Waals surface area contributed by atoms with E-state index in [1.165, 1.54) is 0 Å². The van der Waals surface area contributed by atoms with E-state index in [-0.39, 0.29) is 0 Å². The van der Waals surface area contributed by atoms with E-state index in [0.29, 0.717) is 5.69 Å². The van der Waals surface area contributed by atoms with Crippen LogP contribution in [0.4, 0.5) is 11.5 Å². The van der Waals surface area contributed by atoms with Crippen molar-refractivity contribution in [3.8, 4) is 0 Å². The number of hydrogen-bond donors (Lipinski definition) is 1. The van der Waals surface area contributed by atoms with Gasteiger partial charge < -0.3 is 9.80 Å². The van der Waals surface area contributed by atoms with E-state index in [1.807, 2.05) is 6.07 Å². The summed E-state index contributed by atoms with van der Waals surface area (Å²) in [4.78, 5) is 8.94. The molecule has 1 aromatic rings. The molecule has 1 saturated heterocycles. The molecule has 2 rings (SSSR count). The van der Waals surface area contributed by atoms with Crippen molar-refractivity contribution in [3.05, 3.63) is 18.3 Å². The Hall–Kier alpha value is -1.34. The van der Waals surface area contributed by atoms with E-state index in [4.69, 9.17) is 0 Å². The lowest BCUT2D eigenvalue weighted by Gasteiger charge is -2.34. The predicted octanol–water partition coefficient (Wildman–Crippen LogP) is 0.595. The van der Waals surface area contributed by atoms with Gasteiger partial charge in [-0.15, -0.1) is 0 Å². The zero-order valence-corrected chi connectivity index (χ0v) is 12.2. The van der Waals surface area contributed by atoms with E-state index in [0.717, 1.165) is 44.8 Å². The zero-order chi connectivity index (χ0) is 13.9. The molecule has 106 valence electrons. The van der Waals surface area contributed by atoms with E-state index in [1.54, 1.807) is 12.3 Å². The molecule has 2 heterocycles. The van der Waals surface area contributed by atoms with Crippen LogP contribution in [0, 0.1) is 0 Å². The van der Waals surface area contributed by atoms with Crippen molar-refractivity contribution < 1.29 is 8.42 Å². The molecule has 0 amide bonds. The van der Waals surface area contributed by atoms with Crippen LogP contribution in [0.15, 0.2) is 18.3 Å². The fourth-order valence-electron chi connectivity index (χ4n) is 2.14. The maximum absolute atomic E-state index is 11.1. The molecule has 1 aromatic heterocycles. The minimum absolute atomic E-state index is 0.499. The van der Waals surface area contributed by atoms with Gasteiger partial charge in [0.2, 0.25) is 10.0 Å². The topological polar surface area (TPSA) is 65.5 Å². The maximum atomic E-state index is 11.1. The normalized spacial score (nSPS) is 17.5. The summed E-state index contributed by atoms with van der Waals surface area (Å²) in [6.07, 6.45) is 2.69. The number of anilines is 2. The number of nitrogens with zero attached hydrogens (tertiary/aromatic N) is 3. The van der Waals surface area contributed by atoms with Crippen molar-refractivity contribution in [2.24, 2.45) is 0 Å². The first kappa shape index (κ1) is 14.1. The van der Waals surface area contributed by atoms with E-state index >= 15 is 0 Å². The second-order valence-corrected chi connectivity index (χ2v) is 6.45. The number of hydrogen-bond acceptors (Lipinski definition) is 5. The highest BCUT2D eigenvalue weighted by atomic mass is 32.2. The Bertz CT molecular complexity index is 507. The molecule has 1 aliphatic rings. The molecular formula is C12H20N4O2S. The van der Waals surface area contributed by atoms with Crippen molar-refractivity contribution in [2.45, 2.75) is 6.92 Å². The Morgan fingerprint density at radius 3 is 2.42 bits per heavy atom. The number of rotatable bonds is 4. The van der Waals surface area contributed by atoms with Crippen LogP contribution in [0.25, 0.3) is 0 Å². The Morgan fingerprint density at radius 2 is 1.95 bits per heavy atom. The number of pyridine rings is 1. The lowest BCUT2D eigenvalue weighted by molar-refractivity contribution is 0.270. The van der Waals surface area contributed by atoms with Crippen LogP contribution in [-0.2, 0) is 10.0 Å². The molecule has 0 aromatic carbocycles. The molecule has 1 N–H and O–H groups in total. The van der Waals surface area contributed by atoms with Gasteiger partial charge in [0.1, 0.15) is 5.82 Å². The number of nitrogens with one attached hydrogen (secondary N) is 1. The van der Waals surface area contributed by atoms with E-state index in [9.17, 15) is 8.42 Å². The van der Waals surface area contributed by atoms with Gasteiger partial charge in [-0.2, -0.15) is 0 Å². The number of sulfonamides is 1. The third-order valence-electron chi connectivity index (χ3n) is 3.19. The van der Waals surface area contributed by atoms with Gasteiger partial charge >= 0.3 is 0 Å². The molecule has 0 saturated carbocycles. The number of aromatic nitrogens is 1. The summed E-state index contributed by atoms with van der Waals surface area (Å²) in [7, 11) is -3.24. The molecule has 1 fully saturated rings. The van der Waals surface area contributed by atoms with Crippen LogP contribution >= 0.6 is 0 Å². The second-order valence-electron chi connectivity index (χ2n) is 4.70. The van der Waals surface area contributed by atoms with Crippen molar-refractivity contribution in [1.82, 2.24) is 9.88 Å². The minimum Gasteiger partial charge on any atom is -0.354 e. The summed E-state index contributed by atoms with van der Waals surface area (Å²) in [5.74, 6) is 0.898. The summed E-state index contributed by atoms with van der Waals surface area (Å²) < 4.78 is 24.6. The molecule has 0 atom stereocenters. The first-order valence-electron chi connectivity index (χ1n) is 6.39. The largest absolute Gasteiger partial charge is 0.354 e. The van der Waals surface area contributed by atoms with Gasteiger partial charge in [0.25, 0.3) is 0 Å². The molecule has 0 aliphatic carbocycles. The average molecular weight is 284 g/mol. The molecule has 6 nitrogen and oxygen atoms in total. The van der Waals surface area contributed by atoms with Crippen LogP contribution in [-0.4, -0.2) is 57.3 Å². The number of likely N-dealkylation sites (N-methyl/N-ethyl adjacent to an activating group) is 1. The highest BCUT2D eigenvalue weighted by Crippen LogP contribution is 2.16. The molecular weight excluding hydrogens is 264 g/mol. The van der Waals surface area contributed by atoms with Gasteiger partial charge in [-0.05, 0) is 18.7 Å². The SMILES string of the molecule is CCN1CCN(c2ccc(NS(C)(=O)=O)cn2)CC1. The molecule has 0 unspecified atom stereocenters.